The third-order valence-corrected chi connectivity index (χ3v) is 4.67. The largest absolute Gasteiger partial charge is 0.454 e. The zero-order valence-corrected chi connectivity index (χ0v) is 14.4. The monoisotopic (exact) mass is 353 g/mol. The minimum absolute atomic E-state index is 0.227. The number of hydrogen-bond donors (Lipinski definition) is 2. The summed E-state index contributed by atoms with van der Waals surface area (Å²) in [5, 5.41) is 4.61. The van der Waals surface area contributed by atoms with Crippen molar-refractivity contribution in [3.05, 3.63) is 0 Å². The molecule has 0 aromatic heterocycles. The Labute approximate surface area is 145 Å². The molecular weight excluding hydrogens is 330 g/mol. The Kier molecular flexibility index (Phi) is 6.11. The van der Waals surface area contributed by atoms with Crippen LogP contribution >= 0.6 is 0 Å². The summed E-state index contributed by atoms with van der Waals surface area (Å²) in [4.78, 5) is 60.5. The SMILES string of the molecule is CNC(=O)CNC(=O)COC(=O)[C@H](C)N1C(=O)[C@H]2CCCC[C@H]2C1=O. The third kappa shape index (κ3) is 4.15. The van der Waals surface area contributed by atoms with Crippen LogP contribution in [-0.2, 0) is 28.7 Å². The van der Waals surface area contributed by atoms with Crippen LogP contribution in [-0.4, -0.2) is 60.7 Å². The summed E-state index contributed by atoms with van der Waals surface area (Å²) in [5.41, 5.74) is 0. The van der Waals surface area contributed by atoms with Gasteiger partial charge in [0.25, 0.3) is 5.91 Å². The fourth-order valence-electron chi connectivity index (χ4n) is 3.25. The topological polar surface area (TPSA) is 122 Å². The molecule has 0 spiro atoms. The van der Waals surface area contributed by atoms with E-state index >= 15 is 0 Å². The molecule has 3 atom stereocenters. The number of likely N-dealkylation sites (N-methyl/N-ethyl adjacent to an activating group) is 1. The highest BCUT2D eigenvalue weighted by Gasteiger charge is 2.51. The van der Waals surface area contributed by atoms with Crippen LogP contribution in [0.3, 0.4) is 0 Å². The maximum absolute atomic E-state index is 12.4. The van der Waals surface area contributed by atoms with E-state index in [2.05, 4.69) is 10.6 Å². The summed E-state index contributed by atoms with van der Waals surface area (Å²) in [7, 11) is 1.43. The van der Waals surface area contributed by atoms with Crippen LogP contribution in [0.1, 0.15) is 32.6 Å². The highest BCUT2D eigenvalue weighted by Crippen LogP contribution is 2.38. The fourth-order valence-corrected chi connectivity index (χ4v) is 3.25. The Morgan fingerprint density at radius 3 is 2.20 bits per heavy atom. The van der Waals surface area contributed by atoms with Gasteiger partial charge >= 0.3 is 5.97 Å². The second-order valence-corrected chi connectivity index (χ2v) is 6.28. The molecule has 0 radical (unpaired) electrons. The molecule has 2 rings (SSSR count). The molecule has 0 bridgehead atoms. The molecule has 138 valence electrons. The van der Waals surface area contributed by atoms with Gasteiger partial charge in [0.05, 0.1) is 18.4 Å². The molecule has 1 heterocycles. The molecule has 1 aliphatic carbocycles. The van der Waals surface area contributed by atoms with Crippen LogP contribution in [0.5, 0.6) is 0 Å². The average Bonchev–Trinajstić information content (AvgIpc) is 2.88. The van der Waals surface area contributed by atoms with Crippen molar-refractivity contribution in [1.82, 2.24) is 15.5 Å². The van der Waals surface area contributed by atoms with Gasteiger partial charge in [-0.15, -0.1) is 0 Å². The number of imide groups is 1. The average molecular weight is 353 g/mol. The minimum atomic E-state index is -1.07. The van der Waals surface area contributed by atoms with Crippen LogP contribution in [0.2, 0.25) is 0 Å². The van der Waals surface area contributed by atoms with E-state index in [1.165, 1.54) is 14.0 Å². The van der Waals surface area contributed by atoms with Crippen LogP contribution < -0.4 is 10.6 Å². The Hall–Kier alpha value is -2.45. The van der Waals surface area contributed by atoms with Crippen molar-refractivity contribution in [3.63, 3.8) is 0 Å². The van der Waals surface area contributed by atoms with Crippen LogP contribution in [0.25, 0.3) is 0 Å². The summed E-state index contributed by atoms with van der Waals surface area (Å²) in [6.07, 6.45) is 3.13. The van der Waals surface area contributed by atoms with E-state index < -0.39 is 24.5 Å². The molecule has 1 saturated heterocycles. The molecule has 4 amide bonds. The number of amides is 4. The lowest BCUT2D eigenvalue weighted by Crippen LogP contribution is -2.45. The summed E-state index contributed by atoms with van der Waals surface area (Å²) in [6, 6.07) is -1.07. The number of rotatable bonds is 6. The van der Waals surface area contributed by atoms with Gasteiger partial charge in [0.2, 0.25) is 17.7 Å². The quantitative estimate of drug-likeness (QED) is 0.464. The van der Waals surface area contributed by atoms with E-state index in [4.69, 9.17) is 4.74 Å². The molecule has 2 N–H and O–H groups in total. The standard InChI is InChI=1S/C16H23N3O6/c1-9(16(24)25-8-13(21)18-7-12(20)17-2)19-14(22)10-5-3-4-6-11(10)15(19)23/h9-11H,3-8H2,1-2H3,(H,17,20)(H,18,21)/t9-,10-,11+/m0/s1. The number of likely N-dealkylation sites (tertiary alicyclic amines) is 1. The van der Waals surface area contributed by atoms with Crippen molar-refractivity contribution in [2.24, 2.45) is 11.8 Å². The number of ether oxygens (including phenoxy) is 1. The van der Waals surface area contributed by atoms with Crippen molar-refractivity contribution in [2.75, 3.05) is 20.2 Å². The lowest BCUT2D eigenvalue weighted by atomic mass is 9.81. The van der Waals surface area contributed by atoms with Gasteiger partial charge in [0, 0.05) is 7.05 Å². The predicted octanol–water partition coefficient (Wildman–Crippen LogP) is -1.04. The van der Waals surface area contributed by atoms with E-state index in [9.17, 15) is 24.0 Å². The molecule has 9 heteroatoms. The Balaban J connectivity index is 1.87. The number of nitrogens with one attached hydrogen (secondary N) is 2. The van der Waals surface area contributed by atoms with Gasteiger partial charge in [-0.1, -0.05) is 12.8 Å². The molecule has 0 unspecified atom stereocenters. The molecule has 1 aliphatic heterocycles. The first-order valence-corrected chi connectivity index (χ1v) is 8.37. The van der Waals surface area contributed by atoms with Gasteiger partial charge in [0.1, 0.15) is 6.04 Å². The summed E-state index contributed by atoms with van der Waals surface area (Å²) >= 11 is 0. The Morgan fingerprint density at radius 2 is 1.68 bits per heavy atom. The van der Waals surface area contributed by atoms with Crippen molar-refractivity contribution in [3.8, 4) is 0 Å². The Bertz CT molecular complexity index is 566. The van der Waals surface area contributed by atoms with Gasteiger partial charge in [0.15, 0.2) is 6.61 Å². The first-order chi connectivity index (χ1) is 11.9. The summed E-state index contributed by atoms with van der Waals surface area (Å²) < 4.78 is 4.87. The first kappa shape index (κ1) is 18.9. The molecule has 2 aliphatic rings. The van der Waals surface area contributed by atoms with Crippen molar-refractivity contribution in [1.29, 1.82) is 0 Å². The highest BCUT2D eigenvalue weighted by atomic mass is 16.5. The highest BCUT2D eigenvalue weighted by molar-refractivity contribution is 6.07. The van der Waals surface area contributed by atoms with E-state index in [0.717, 1.165) is 17.7 Å². The molecule has 1 saturated carbocycles. The number of nitrogens with zero attached hydrogens (tertiary/aromatic N) is 1. The summed E-state index contributed by atoms with van der Waals surface area (Å²) in [6.45, 7) is 0.607. The molecule has 2 fully saturated rings. The van der Waals surface area contributed by atoms with Gasteiger partial charge in [-0.05, 0) is 19.8 Å². The van der Waals surface area contributed by atoms with Gasteiger partial charge in [-0.3, -0.25) is 24.1 Å². The first-order valence-electron chi connectivity index (χ1n) is 8.37. The van der Waals surface area contributed by atoms with Crippen molar-refractivity contribution in [2.45, 2.75) is 38.6 Å². The van der Waals surface area contributed by atoms with Crippen LogP contribution in [0.4, 0.5) is 0 Å². The van der Waals surface area contributed by atoms with Crippen LogP contribution in [0.15, 0.2) is 0 Å². The summed E-state index contributed by atoms with van der Waals surface area (Å²) in [5.74, 6) is -3.19. The lowest BCUT2D eigenvalue weighted by molar-refractivity contribution is -0.159. The molecule has 0 aromatic carbocycles. The van der Waals surface area contributed by atoms with Crippen LogP contribution in [0, 0.1) is 11.8 Å². The molecular formula is C16H23N3O6. The molecule has 0 aromatic rings. The second-order valence-electron chi connectivity index (χ2n) is 6.28. The van der Waals surface area contributed by atoms with E-state index in [1.54, 1.807) is 0 Å². The number of hydrogen-bond acceptors (Lipinski definition) is 6. The van der Waals surface area contributed by atoms with Crippen molar-refractivity contribution < 1.29 is 28.7 Å². The van der Waals surface area contributed by atoms with E-state index in [0.29, 0.717) is 12.8 Å². The normalized spacial score (nSPS) is 23.7. The van der Waals surface area contributed by atoms with E-state index in [-0.39, 0.29) is 36.1 Å². The smallest absolute Gasteiger partial charge is 0.329 e. The Morgan fingerprint density at radius 1 is 1.12 bits per heavy atom. The fraction of sp³-hybridized carbons (Fsp3) is 0.688. The predicted molar refractivity (Wildman–Crippen MR) is 84.8 cm³/mol. The third-order valence-electron chi connectivity index (χ3n) is 4.67. The van der Waals surface area contributed by atoms with Gasteiger partial charge in [-0.25, -0.2) is 4.79 Å². The molecule has 9 nitrogen and oxygen atoms in total. The molecule has 25 heavy (non-hydrogen) atoms. The number of carbonyl (C=O) groups excluding carboxylic acids is 5. The number of fused-ring (bicyclic) bond motifs is 1. The van der Waals surface area contributed by atoms with Gasteiger partial charge < -0.3 is 15.4 Å². The second kappa shape index (κ2) is 8.09. The van der Waals surface area contributed by atoms with Crippen molar-refractivity contribution >= 4 is 29.6 Å². The maximum Gasteiger partial charge on any atom is 0.329 e. The zero-order chi connectivity index (χ0) is 18.6. The number of esters is 1. The van der Waals surface area contributed by atoms with Gasteiger partial charge in [-0.2, -0.15) is 0 Å². The zero-order valence-electron chi connectivity index (χ0n) is 14.4. The number of carbonyl (C=O) groups is 5. The minimum Gasteiger partial charge on any atom is -0.454 e. The van der Waals surface area contributed by atoms with E-state index in [1.807, 2.05) is 0 Å². The lowest BCUT2D eigenvalue weighted by Gasteiger charge is -2.21. The maximum atomic E-state index is 12.4.